The number of alkyl halides is 2. The highest BCUT2D eigenvalue weighted by Gasteiger charge is 2.51. The molecule has 0 amide bonds. The van der Waals surface area contributed by atoms with Crippen LogP contribution in [0.2, 0.25) is 0 Å². The molecule has 33 heavy (non-hydrogen) atoms. The van der Waals surface area contributed by atoms with Crippen molar-refractivity contribution in [3.63, 3.8) is 0 Å². The van der Waals surface area contributed by atoms with E-state index in [4.69, 9.17) is 0 Å². The monoisotopic (exact) mass is 466 g/mol. The summed E-state index contributed by atoms with van der Waals surface area (Å²) in [6, 6.07) is 0. The third kappa shape index (κ3) is 6.35. The zero-order chi connectivity index (χ0) is 24.6. The minimum atomic E-state index is -2.84. The predicted octanol–water partition coefficient (Wildman–Crippen LogP) is 6.34. The van der Waals surface area contributed by atoms with Crippen molar-refractivity contribution in [2.45, 2.75) is 116 Å². The van der Waals surface area contributed by atoms with Crippen molar-refractivity contribution in [2.75, 3.05) is 0 Å². The van der Waals surface area contributed by atoms with Gasteiger partial charge in [-0.05, 0) is 93.1 Å². The first-order valence-electron chi connectivity index (χ1n) is 12.8. The van der Waals surface area contributed by atoms with Gasteiger partial charge in [-0.25, -0.2) is 8.78 Å². The lowest BCUT2D eigenvalue weighted by atomic mass is 9.60. The summed E-state index contributed by atoms with van der Waals surface area (Å²) in [7, 11) is 0. The van der Waals surface area contributed by atoms with Gasteiger partial charge in [-0.3, -0.25) is 0 Å². The fourth-order valence-corrected chi connectivity index (χ4v) is 7.04. The van der Waals surface area contributed by atoms with Crippen LogP contribution in [0.15, 0.2) is 35.5 Å². The van der Waals surface area contributed by atoms with Crippen molar-refractivity contribution >= 4 is 0 Å². The van der Waals surface area contributed by atoms with Crippen LogP contribution in [-0.2, 0) is 0 Å². The van der Waals surface area contributed by atoms with Gasteiger partial charge in [0.25, 0.3) is 5.92 Å². The minimum Gasteiger partial charge on any atom is -0.393 e. The van der Waals surface area contributed by atoms with Crippen LogP contribution >= 0.6 is 0 Å². The van der Waals surface area contributed by atoms with Gasteiger partial charge < -0.3 is 15.3 Å². The summed E-state index contributed by atoms with van der Waals surface area (Å²) in [5.41, 5.74) is 1.82. The Balaban J connectivity index is 1.69. The molecule has 0 aliphatic heterocycles. The maximum Gasteiger partial charge on any atom is 0.250 e. The van der Waals surface area contributed by atoms with E-state index >= 15 is 0 Å². The number of hydrogen-bond acceptors (Lipinski definition) is 3. The van der Waals surface area contributed by atoms with Crippen LogP contribution in [-0.4, -0.2) is 39.1 Å². The topological polar surface area (TPSA) is 60.7 Å². The van der Waals surface area contributed by atoms with E-state index in [0.29, 0.717) is 36.7 Å². The van der Waals surface area contributed by atoms with E-state index in [0.717, 1.165) is 37.7 Å². The summed E-state index contributed by atoms with van der Waals surface area (Å²) < 4.78 is 28.8. The van der Waals surface area contributed by atoms with Crippen molar-refractivity contribution in [1.29, 1.82) is 0 Å². The Kier molecular flexibility index (Phi) is 7.98. The molecule has 0 spiro atoms. The quantitative estimate of drug-likeness (QED) is 0.410. The van der Waals surface area contributed by atoms with Crippen LogP contribution in [0.25, 0.3) is 0 Å². The maximum atomic E-state index is 14.4. The van der Waals surface area contributed by atoms with Crippen molar-refractivity contribution in [3.8, 4) is 0 Å². The summed E-state index contributed by atoms with van der Waals surface area (Å²) in [5, 5.41) is 30.0. The molecule has 0 aromatic heterocycles. The van der Waals surface area contributed by atoms with Crippen molar-refractivity contribution in [3.05, 3.63) is 35.5 Å². The first kappa shape index (κ1) is 26.6. The van der Waals surface area contributed by atoms with E-state index in [9.17, 15) is 24.1 Å². The number of fused-ring (bicyclic) bond motifs is 1. The SMILES string of the molecule is C=C1/C(=C/C=C2\CCC[C@]3(C)[C@@H]([C@H](C)CCC(F)(F)CC(C)(C)O)CC[C@@H]23)C[C@@H](O)C[C@@H]1O. The lowest BCUT2D eigenvalue weighted by Crippen LogP contribution is -2.37. The second-order valence-corrected chi connectivity index (χ2v) is 12.0. The molecule has 0 aromatic rings. The molecule has 0 radical (unpaired) electrons. The van der Waals surface area contributed by atoms with Gasteiger partial charge in [0.2, 0.25) is 0 Å². The Hall–Kier alpha value is -1.04. The second kappa shape index (κ2) is 9.91. The Labute approximate surface area is 198 Å². The Morgan fingerprint density at radius 2 is 1.91 bits per heavy atom. The van der Waals surface area contributed by atoms with Crippen LogP contribution < -0.4 is 0 Å². The molecule has 3 saturated carbocycles. The number of aliphatic hydroxyl groups excluding tert-OH is 2. The molecule has 0 aromatic carbocycles. The van der Waals surface area contributed by atoms with Gasteiger partial charge in [0.05, 0.1) is 17.8 Å². The molecule has 5 heteroatoms. The van der Waals surface area contributed by atoms with Crippen molar-refractivity contribution < 1.29 is 24.1 Å². The smallest absolute Gasteiger partial charge is 0.250 e. The van der Waals surface area contributed by atoms with Gasteiger partial charge in [0.1, 0.15) is 0 Å². The molecule has 0 heterocycles. The lowest BCUT2D eigenvalue weighted by Gasteiger charge is -2.44. The third-order valence-corrected chi connectivity index (χ3v) is 8.65. The normalized spacial score (nSPS) is 36.9. The van der Waals surface area contributed by atoms with Crippen LogP contribution in [0.3, 0.4) is 0 Å². The van der Waals surface area contributed by atoms with Crippen molar-refractivity contribution in [2.24, 2.45) is 23.2 Å². The Bertz CT molecular complexity index is 779. The largest absolute Gasteiger partial charge is 0.393 e. The molecule has 0 unspecified atom stereocenters. The first-order chi connectivity index (χ1) is 15.2. The summed E-state index contributed by atoms with van der Waals surface area (Å²) >= 11 is 0. The third-order valence-electron chi connectivity index (χ3n) is 8.65. The van der Waals surface area contributed by atoms with Crippen LogP contribution in [0.1, 0.15) is 91.9 Å². The van der Waals surface area contributed by atoms with Gasteiger partial charge in [0.15, 0.2) is 0 Å². The standard InChI is InChI=1S/C28H44F2O3/c1-18(12-14-28(29,30)17-26(3,4)33)23-10-11-24-20(7-6-13-27(23,24)5)8-9-21-15-22(31)16-25(32)19(21)2/h8-9,18,22-25,31-33H,2,6-7,10-17H2,1,3-5H3/b20-8+,21-9+/t18-,22-,23-,24+,25+,27-/m1/s1. The van der Waals surface area contributed by atoms with Gasteiger partial charge in [-0.2, -0.15) is 0 Å². The summed E-state index contributed by atoms with van der Waals surface area (Å²) in [6.45, 7) is 11.4. The molecule has 188 valence electrons. The zero-order valence-corrected chi connectivity index (χ0v) is 20.9. The number of aliphatic hydroxyl groups is 3. The highest BCUT2D eigenvalue weighted by atomic mass is 19.3. The van der Waals surface area contributed by atoms with Gasteiger partial charge in [-0.1, -0.05) is 38.2 Å². The van der Waals surface area contributed by atoms with Gasteiger partial charge in [0, 0.05) is 19.3 Å². The molecule has 3 nitrogen and oxygen atoms in total. The van der Waals surface area contributed by atoms with Crippen LogP contribution in [0.4, 0.5) is 8.78 Å². The van der Waals surface area contributed by atoms with Crippen LogP contribution in [0, 0.1) is 23.2 Å². The molecular formula is C28H44F2O3. The molecule has 3 aliphatic rings. The van der Waals surface area contributed by atoms with E-state index in [-0.39, 0.29) is 17.8 Å². The molecule has 0 bridgehead atoms. The average Bonchev–Trinajstić information content (AvgIpc) is 3.03. The van der Waals surface area contributed by atoms with Crippen LogP contribution in [0.5, 0.6) is 0 Å². The van der Waals surface area contributed by atoms with E-state index in [1.807, 2.05) is 6.08 Å². The lowest BCUT2D eigenvalue weighted by molar-refractivity contribution is -0.0838. The number of allylic oxidation sites excluding steroid dienone is 3. The number of rotatable bonds is 7. The van der Waals surface area contributed by atoms with Gasteiger partial charge >= 0.3 is 0 Å². The molecule has 3 rings (SSSR count). The highest BCUT2D eigenvalue weighted by molar-refractivity contribution is 5.38. The highest BCUT2D eigenvalue weighted by Crippen LogP contribution is 2.60. The average molecular weight is 467 g/mol. The number of halogens is 2. The maximum absolute atomic E-state index is 14.4. The molecule has 3 fully saturated rings. The summed E-state index contributed by atoms with van der Waals surface area (Å²) in [5.74, 6) is -1.75. The fraction of sp³-hybridized carbons (Fsp3) is 0.786. The molecule has 0 saturated heterocycles. The molecular weight excluding hydrogens is 422 g/mol. The minimum absolute atomic E-state index is 0.121. The van der Waals surface area contributed by atoms with E-state index in [1.54, 1.807) is 0 Å². The van der Waals surface area contributed by atoms with Crippen molar-refractivity contribution in [1.82, 2.24) is 0 Å². The molecule has 6 atom stereocenters. The van der Waals surface area contributed by atoms with Gasteiger partial charge in [-0.15, -0.1) is 0 Å². The molecule has 3 N–H and O–H groups in total. The summed E-state index contributed by atoms with van der Waals surface area (Å²) in [6.07, 6.45) is 9.16. The Morgan fingerprint density at radius 3 is 2.58 bits per heavy atom. The molecule has 3 aliphatic carbocycles. The van der Waals surface area contributed by atoms with E-state index < -0.39 is 30.2 Å². The predicted molar refractivity (Wildman–Crippen MR) is 129 cm³/mol. The fourth-order valence-electron chi connectivity index (χ4n) is 7.04. The van der Waals surface area contributed by atoms with E-state index in [2.05, 4.69) is 26.5 Å². The van der Waals surface area contributed by atoms with E-state index in [1.165, 1.54) is 19.4 Å². The second-order valence-electron chi connectivity index (χ2n) is 12.0. The summed E-state index contributed by atoms with van der Waals surface area (Å²) in [4.78, 5) is 0. The zero-order valence-electron chi connectivity index (χ0n) is 20.9. The Morgan fingerprint density at radius 1 is 1.21 bits per heavy atom. The number of hydrogen-bond donors (Lipinski definition) is 3. The first-order valence-corrected chi connectivity index (χ1v) is 12.8.